The Hall–Kier alpha value is -1.88. The first kappa shape index (κ1) is 16.5. The van der Waals surface area contributed by atoms with E-state index in [0.29, 0.717) is 5.75 Å². The SMILES string of the molecule is C=CC(=O)Oc1c(O)c(Cl)c(Oc2ccccc2)c(Cl)c1Cl. The average Bonchev–Trinajstić information content (AvgIpc) is 2.54. The van der Waals surface area contributed by atoms with Gasteiger partial charge in [-0.05, 0) is 12.1 Å². The van der Waals surface area contributed by atoms with Crippen molar-refractivity contribution in [3.8, 4) is 23.0 Å². The van der Waals surface area contributed by atoms with Crippen molar-refractivity contribution in [1.29, 1.82) is 0 Å². The highest BCUT2D eigenvalue weighted by Gasteiger charge is 2.25. The maximum absolute atomic E-state index is 11.3. The lowest BCUT2D eigenvalue weighted by molar-refractivity contribution is -0.129. The Labute approximate surface area is 141 Å². The molecule has 0 unspecified atom stereocenters. The molecule has 0 fully saturated rings. The maximum Gasteiger partial charge on any atom is 0.335 e. The number of phenolic OH excluding ortho intramolecular Hbond substituents is 1. The highest BCUT2D eigenvalue weighted by molar-refractivity contribution is 6.46. The zero-order valence-electron chi connectivity index (χ0n) is 11.0. The smallest absolute Gasteiger partial charge is 0.335 e. The third-order valence-corrected chi connectivity index (χ3v) is 3.71. The zero-order chi connectivity index (χ0) is 16.3. The Bertz CT molecular complexity index is 700. The van der Waals surface area contributed by atoms with Crippen LogP contribution in [0.5, 0.6) is 23.0 Å². The minimum absolute atomic E-state index is 0.0459. The van der Waals surface area contributed by atoms with Gasteiger partial charge in [0.05, 0.1) is 0 Å². The molecule has 114 valence electrons. The highest BCUT2D eigenvalue weighted by atomic mass is 35.5. The number of para-hydroxylation sites is 1. The monoisotopic (exact) mass is 358 g/mol. The van der Waals surface area contributed by atoms with Crippen molar-refractivity contribution >= 4 is 40.8 Å². The molecular formula is C15H9Cl3O4. The lowest BCUT2D eigenvalue weighted by Crippen LogP contribution is -2.04. The predicted octanol–water partition coefficient (Wildman–Crippen LogP) is 5.24. The van der Waals surface area contributed by atoms with Crippen LogP contribution < -0.4 is 9.47 Å². The molecule has 0 spiro atoms. The van der Waals surface area contributed by atoms with Crippen LogP contribution in [0.25, 0.3) is 0 Å². The van der Waals surface area contributed by atoms with Crippen molar-refractivity contribution in [3.63, 3.8) is 0 Å². The van der Waals surface area contributed by atoms with Crippen molar-refractivity contribution in [2.75, 3.05) is 0 Å². The van der Waals surface area contributed by atoms with E-state index >= 15 is 0 Å². The van der Waals surface area contributed by atoms with Crippen LogP contribution in [0.15, 0.2) is 43.0 Å². The highest BCUT2D eigenvalue weighted by Crippen LogP contribution is 2.52. The van der Waals surface area contributed by atoms with Crippen molar-refractivity contribution in [3.05, 3.63) is 58.1 Å². The average molecular weight is 360 g/mol. The quantitative estimate of drug-likeness (QED) is 0.351. The van der Waals surface area contributed by atoms with E-state index < -0.39 is 11.7 Å². The first-order chi connectivity index (χ1) is 10.5. The van der Waals surface area contributed by atoms with Crippen LogP contribution in [0.3, 0.4) is 0 Å². The molecule has 0 aromatic heterocycles. The van der Waals surface area contributed by atoms with Crippen LogP contribution in [-0.4, -0.2) is 11.1 Å². The summed E-state index contributed by atoms with van der Waals surface area (Å²) in [6.45, 7) is 3.24. The van der Waals surface area contributed by atoms with Crippen molar-refractivity contribution < 1.29 is 19.4 Å². The Balaban J connectivity index is 2.49. The number of benzene rings is 2. The molecule has 0 saturated carbocycles. The second kappa shape index (κ2) is 6.92. The molecular weight excluding hydrogens is 351 g/mol. The van der Waals surface area contributed by atoms with Gasteiger partial charge in [0, 0.05) is 6.08 Å². The van der Waals surface area contributed by atoms with E-state index in [4.69, 9.17) is 44.3 Å². The van der Waals surface area contributed by atoms with Gasteiger partial charge in [-0.25, -0.2) is 4.79 Å². The number of rotatable bonds is 4. The van der Waals surface area contributed by atoms with Gasteiger partial charge in [0.1, 0.15) is 20.8 Å². The van der Waals surface area contributed by atoms with Crippen LogP contribution in [0.4, 0.5) is 0 Å². The van der Waals surface area contributed by atoms with Crippen LogP contribution in [0, 0.1) is 0 Å². The molecule has 2 aromatic carbocycles. The lowest BCUT2D eigenvalue weighted by atomic mass is 10.2. The van der Waals surface area contributed by atoms with Gasteiger partial charge < -0.3 is 14.6 Å². The Morgan fingerprint density at radius 1 is 1.05 bits per heavy atom. The number of carbonyl (C=O) groups is 1. The fourth-order valence-electron chi connectivity index (χ4n) is 1.54. The summed E-state index contributed by atoms with van der Waals surface area (Å²) in [4.78, 5) is 11.3. The van der Waals surface area contributed by atoms with Crippen molar-refractivity contribution in [2.24, 2.45) is 0 Å². The Morgan fingerprint density at radius 3 is 2.23 bits per heavy atom. The molecule has 2 rings (SSSR count). The predicted molar refractivity (Wildman–Crippen MR) is 85.5 cm³/mol. The minimum Gasteiger partial charge on any atom is -0.503 e. The molecule has 2 aromatic rings. The van der Waals surface area contributed by atoms with Crippen molar-refractivity contribution in [1.82, 2.24) is 0 Å². The lowest BCUT2D eigenvalue weighted by Gasteiger charge is -2.15. The Kier molecular flexibility index (Phi) is 5.19. The topological polar surface area (TPSA) is 55.8 Å². The van der Waals surface area contributed by atoms with Gasteiger partial charge in [-0.2, -0.15) is 0 Å². The summed E-state index contributed by atoms with van der Waals surface area (Å²) in [6, 6.07) is 8.64. The van der Waals surface area contributed by atoms with Crippen molar-refractivity contribution in [2.45, 2.75) is 0 Å². The first-order valence-electron chi connectivity index (χ1n) is 5.92. The van der Waals surface area contributed by atoms with E-state index in [2.05, 4.69) is 6.58 Å². The normalized spacial score (nSPS) is 10.1. The maximum atomic E-state index is 11.3. The van der Waals surface area contributed by atoms with E-state index in [0.717, 1.165) is 6.08 Å². The second-order valence-electron chi connectivity index (χ2n) is 3.99. The van der Waals surface area contributed by atoms with E-state index in [1.54, 1.807) is 30.3 Å². The van der Waals surface area contributed by atoms with Crippen LogP contribution in [-0.2, 0) is 4.79 Å². The van der Waals surface area contributed by atoms with Gasteiger partial charge in [-0.15, -0.1) is 0 Å². The third-order valence-electron chi connectivity index (χ3n) is 2.55. The summed E-state index contributed by atoms with van der Waals surface area (Å²) >= 11 is 18.1. The van der Waals surface area contributed by atoms with Gasteiger partial charge in [0.2, 0.25) is 0 Å². The van der Waals surface area contributed by atoms with E-state index in [-0.39, 0.29) is 26.6 Å². The number of hydrogen-bond donors (Lipinski definition) is 1. The second-order valence-corrected chi connectivity index (χ2v) is 5.12. The van der Waals surface area contributed by atoms with Crippen LogP contribution in [0.1, 0.15) is 0 Å². The summed E-state index contributed by atoms with van der Waals surface area (Å²) in [5.41, 5.74) is 0. The molecule has 0 aliphatic heterocycles. The summed E-state index contributed by atoms with van der Waals surface area (Å²) in [5.74, 6) is -1.34. The number of carbonyl (C=O) groups excluding carboxylic acids is 1. The van der Waals surface area contributed by atoms with E-state index in [9.17, 15) is 9.90 Å². The molecule has 0 radical (unpaired) electrons. The number of ether oxygens (including phenoxy) is 2. The number of hydrogen-bond acceptors (Lipinski definition) is 4. The molecule has 0 amide bonds. The first-order valence-corrected chi connectivity index (χ1v) is 7.05. The van der Waals surface area contributed by atoms with Gasteiger partial charge in [0.25, 0.3) is 0 Å². The summed E-state index contributed by atoms with van der Waals surface area (Å²) in [7, 11) is 0. The van der Waals surface area contributed by atoms with Gasteiger partial charge in [0.15, 0.2) is 17.2 Å². The third kappa shape index (κ3) is 3.30. The molecule has 0 aliphatic carbocycles. The Morgan fingerprint density at radius 2 is 1.64 bits per heavy atom. The standard InChI is InChI=1S/C15H9Cl3O4/c1-2-9(19)22-15-11(17)10(16)14(12(18)13(15)20)21-8-6-4-3-5-7-8/h2-7,20H,1H2. The van der Waals surface area contributed by atoms with Crippen LogP contribution in [0.2, 0.25) is 15.1 Å². The molecule has 7 heteroatoms. The molecule has 0 heterocycles. The number of esters is 1. The summed E-state index contributed by atoms with van der Waals surface area (Å²) in [6.07, 6.45) is 0.909. The molecule has 0 bridgehead atoms. The fraction of sp³-hybridized carbons (Fsp3) is 0. The number of phenols is 1. The zero-order valence-corrected chi connectivity index (χ0v) is 13.2. The summed E-state index contributed by atoms with van der Waals surface area (Å²) < 4.78 is 10.3. The molecule has 0 atom stereocenters. The number of halogens is 3. The summed E-state index contributed by atoms with van der Waals surface area (Å²) in [5, 5.41) is 9.51. The van der Waals surface area contributed by atoms with Crippen LogP contribution >= 0.6 is 34.8 Å². The molecule has 22 heavy (non-hydrogen) atoms. The largest absolute Gasteiger partial charge is 0.503 e. The van der Waals surface area contributed by atoms with Gasteiger partial charge in [-0.3, -0.25) is 0 Å². The molecule has 0 aliphatic rings. The molecule has 0 saturated heterocycles. The minimum atomic E-state index is -0.818. The van der Waals surface area contributed by atoms with Gasteiger partial charge in [-0.1, -0.05) is 59.6 Å². The van der Waals surface area contributed by atoms with E-state index in [1.807, 2.05) is 0 Å². The molecule has 4 nitrogen and oxygen atoms in total. The molecule has 1 N–H and O–H groups in total. The van der Waals surface area contributed by atoms with E-state index in [1.165, 1.54) is 0 Å². The fourth-order valence-corrected chi connectivity index (χ4v) is 2.24. The number of aromatic hydroxyl groups is 1. The van der Waals surface area contributed by atoms with Gasteiger partial charge >= 0.3 is 5.97 Å².